The average Bonchev–Trinajstić information content (AvgIpc) is 2.96. The van der Waals surface area contributed by atoms with E-state index in [1.807, 2.05) is 0 Å². The van der Waals surface area contributed by atoms with Crippen LogP contribution >= 0.6 is 0 Å². The van der Waals surface area contributed by atoms with Crippen LogP contribution in [0.5, 0.6) is 0 Å². The third-order valence-electron chi connectivity index (χ3n) is 2.07. The standard InChI is InChI=1S/C9H11N5O3/c15-9(16)8-5-7(17-12-8)6-10-1-3-14-4-2-11-13-14/h2,4-5,10H,1,3,6H2,(H,15,16). The summed E-state index contributed by atoms with van der Waals surface area (Å²) in [5, 5.41) is 22.6. The van der Waals surface area contributed by atoms with Crippen LogP contribution in [0, 0.1) is 0 Å². The van der Waals surface area contributed by atoms with E-state index in [4.69, 9.17) is 9.63 Å². The molecule has 2 N–H and O–H groups in total. The summed E-state index contributed by atoms with van der Waals surface area (Å²) >= 11 is 0. The van der Waals surface area contributed by atoms with Crippen molar-refractivity contribution in [3.63, 3.8) is 0 Å². The summed E-state index contributed by atoms with van der Waals surface area (Å²) in [7, 11) is 0. The fourth-order valence-corrected chi connectivity index (χ4v) is 1.25. The van der Waals surface area contributed by atoms with Gasteiger partial charge in [-0.1, -0.05) is 10.4 Å². The maximum atomic E-state index is 10.5. The van der Waals surface area contributed by atoms with Gasteiger partial charge in [-0.05, 0) is 0 Å². The van der Waals surface area contributed by atoms with Gasteiger partial charge in [-0.25, -0.2) is 4.79 Å². The summed E-state index contributed by atoms with van der Waals surface area (Å²) in [5.41, 5.74) is -0.0851. The number of carboxylic acids is 1. The molecule has 0 aliphatic heterocycles. The Balaban J connectivity index is 1.72. The van der Waals surface area contributed by atoms with Crippen molar-refractivity contribution in [3.8, 4) is 0 Å². The van der Waals surface area contributed by atoms with Gasteiger partial charge in [0.05, 0.1) is 19.3 Å². The number of carbonyl (C=O) groups is 1. The van der Waals surface area contributed by atoms with E-state index in [0.717, 1.165) is 0 Å². The number of nitrogens with one attached hydrogen (secondary N) is 1. The first-order valence-electron chi connectivity index (χ1n) is 4.99. The zero-order valence-electron chi connectivity index (χ0n) is 8.91. The summed E-state index contributed by atoms with van der Waals surface area (Å²) in [6, 6.07) is 1.39. The number of rotatable bonds is 6. The Morgan fingerprint density at radius 2 is 2.47 bits per heavy atom. The lowest BCUT2D eigenvalue weighted by Crippen LogP contribution is -2.19. The molecule has 2 aromatic rings. The zero-order chi connectivity index (χ0) is 12.1. The molecule has 0 fully saturated rings. The van der Waals surface area contributed by atoms with Gasteiger partial charge in [0.25, 0.3) is 0 Å². The lowest BCUT2D eigenvalue weighted by atomic mass is 10.3. The minimum Gasteiger partial charge on any atom is -0.476 e. The number of aromatic carboxylic acids is 1. The topological polar surface area (TPSA) is 106 Å². The Kier molecular flexibility index (Phi) is 3.46. The van der Waals surface area contributed by atoms with Gasteiger partial charge in [-0.15, -0.1) is 5.10 Å². The fraction of sp³-hybridized carbons (Fsp3) is 0.333. The van der Waals surface area contributed by atoms with Gasteiger partial charge in [-0.3, -0.25) is 4.68 Å². The Bertz CT molecular complexity index is 479. The van der Waals surface area contributed by atoms with Crippen LogP contribution in [-0.2, 0) is 13.1 Å². The molecule has 0 bridgehead atoms. The van der Waals surface area contributed by atoms with Crippen molar-refractivity contribution in [1.29, 1.82) is 0 Å². The summed E-state index contributed by atoms with van der Waals surface area (Å²) in [6.45, 7) is 1.78. The lowest BCUT2D eigenvalue weighted by Gasteiger charge is -2.01. The lowest BCUT2D eigenvalue weighted by molar-refractivity contribution is 0.0685. The van der Waals surface area contributed by atoms with Gasteiger partial charge in [0, 0.05) is 18.8 Å². The Morgan fingerprint density at radius 1 is 1.59 bits per heavy atom. The number of hydrogen-bond acceptors (Lipinski definition) is 6. The average molecular weight is 237 g/mol. The molecular formula is C9H11N5O3. The quantitative estimate of drug-likeness (QED) is 0.667. The molecule has 2 rings (SSSR count). The van der Waals surface area contributed by atoms with E-state index in [0.29, 0.717) is 25.4 Å². The van der Waals surface area contributed by atoms with Crippen molar-refractivity contribution in [2.45, 2.75) is 13.1 Å². The second kappa shape index (κ2) is 5.21. The number of aromatic nitrogens is 4. The maximum Gasteiger partial charge on any atom is 0.358 e. The van der Waals surface area contributed by atoms with Crippen LogP contribution in [0.4, 0.5) is 0 Å². The Morgan fingerprint density at radius 3 is 3.12 bits per heavy atom. The van der Waals surface area contributed by atoms with Crippen molar-refractivity contribution in [2.24, 2.45) is 0 Å². The number of hydrogen-bond donors (Lipinski definition) is 2. The van der Waals surface area contributed by atoms with Crippen molar-refractivity contribution in [3.05, 3.63) is 29.9 Å². The fourth-order valence-electron chi connectivity index (χ4n) is 1.25. The molecule has 0 radical (unpaired) electrons. The number of nitrogens with zero attached hydrogens (tertiary/aromatic N) is 4. The Labute approximate surface area is 96.2 Å². The smallest absolute Gasteiger partial charge is 0.358 e. The van der Waals surface area contributed by atoms with Gasteiger partial charge in [0.15, 0.2) is 11.5 Å². The van der Waals surface area contributed by atoms with Crippen molar-refractivity contribution < 1.29 is 14.4 Å². The summed E-state index contributed by atoms with van der Waals surface area (Å²) in [4.78, 5) is 10.5. The normalized spacial score (nSPS) is 10.6. The van der Waals surface area contributed by atoms with Crippen LogP contribution in [0.15, 0.2) is 23.0 Å². The molecule has 0 atom stereocenters. The van der Waals surface area contributed by atoms with Crippen LogP contribution in [0.3, 0.4) is 0 Å². The molecule has 0 saturated carbocycles. The van der Waals surface area contributed by atoms with Gasteiger partial charge in [0.1, 0.15) is 0 Å². The molecular weight excluding hydrogens is 226 g/mol. The first-order chi connectivity index (χ1) is 8.25. The molecule has 0 aliphatic carbocycles. The van der Waals surface area contributed by atoms with Crippen LogP contribution in [0.1, 0.15) is 16.2 Å². The van der Waals surface area contributed by atoms with E-state index in [1.54, 1.807) is 17.1 Å². The van der Waals surface area contributed by atoms with Crippen LogP contribution in [0.2, 0.25) is 0 Å². The monoisotopic (exact) mass is 237 g/mol. The highest BCUT2D eigenvalue weighted by Crippen LogP contribution is 2.02. The van der Waals surface area contributed by atoms with Crippen LogP contribution < -0.4 is 5.32 Å². The minimum absolute atomic E-state index is 0.0851. The van der Waals surface area contributed by atoms with E-state index in [9.17, 15) is 4.79 Å². The second-order valence-electron chi connectivity index (χ2n) is 3.33. The molecule has 0 aromatic carbocycles. The molecule has 0 saturated heterocycles. The SMILES string of the molecule is O=C(O)c1cc(CNCCn2ccnn2)on1. The molecule has 2 heterocycles. The number of carboxylic acid groups (broad SMARTS) is 1. The molecule has 0 unspecified atom stereocenters. The van der Waals surface area contributed by atoms with Gasteiger partial charge < -0.3 is 14.9 Å². The van der Waals surface area contributed by atoms with E-state index < -0.39 is 5.97 Å². The second-order valence-corrected chi connectivity index (χ2v) is 3.33. The van der Waals surface area contributed by atoms with Gasteiger partial charge >= 0.3 is 5.97 Å². The third-order valence-corrected chi connectivity index (χ3v) is 2.07. The maximum absolute atomic E-state index is 10.5. The first-order valence-corrected chi connectivity index (χ1v) is 4.99. The summed E-state index contributed by atoms with van der Waals surface area (Å²) in [5.74, 6) is -0.608. The molecule has 0 amide bonds. The summed E-state index contributed by atoms with van der Waals surface area (Å²) in [6.07, 6.45) is 3.37. The highest BCUT2D eigenvalue weighted by Gasteiger charge is 2.09. The van der Waals surface area contributed by atoms with Crippen LogP contribution in [0.25, 0.3) is 0 Å². The van der Waals surface area contributed by atoms with Gasteiger partial charge in [-0.2, -0.15) is 0 Å². The predicted octanol–water partition coefficient (Wildman–Crippen LogP) is -0.246. The van der Waals surface area contributed by atoms with Gasteiger partial charge in [0.2, 0.25) is 0 Å². The molecule has 90 valence electrons. The third kappa shape index (κ3) is 3.11. The van der Waals surface area contributed by atoms with Crippen LogP contribution in [-0.4, -0.2) is 37.8 Å². The highest BCUT2D eigenvalue weighted by atomic mass is 16.5. The molecule has 0 aliphatic rings. The largest absolute Gasteiger partial charge is 0.476 e. The van der Waals surface area contributed by atoms with E-state index in [2.05, 4.69) is 20.8 Å². The van der Waals surface area contributed by atoms with Crippen molar-refractivity contribution in [2.75, 3.05) is 6.54 Å². The summed E-state index contributed by atoms with van der Waals surface area (Å²) < 4.78 is 6.53. The molecule has 17 heavy (non-hydrogen) atoms. The zero-order valence-corrected chi connectivity index (χ0v) is 8.91. The first kappa shape index (κ1) is 11.3. The van der Waals surface area contributed by atoms with Crippen molar-refractivity contribution >= 4 is 5.97 Å². The van der Waals surface area contributed by atoms with E-state index >= 15 is 0 Å². The molecule has 8 heteroatoms. The molecule has 2 aromatic heterocycles. The predicted molar refractivity (Wildman–Crippen MR) is 55.2 cm³/mol. The molecule has 0 spiro atoms. The molecule has 8 nitrogen and oxygen atoms in total. The minimum atomic E-state index is -1.09. The van der Waals surface area contributed by atoms with E-state index in [1.165, 1.54) is 6.07 Å². The highest BCUT2D eigenvalue weighted by molar-refractivity contribution is 5.85. The van der Waals surface area contributed by atoms with Crippen molar-refractivity contribution in [1.82, 2.24) is 25.5 Å². The van der Waals surface area contributed by atoms with E-state index in [-0.39, 0.29) is 5.69 Å². The Hall–Kier alpha value is -2.22.